The van der Waals surface area contributed by atoms with Gasteiger partial charge in [-0.3, -0.25) is 0 Å². The molecule has 0 unspecified atom stereocenters. The summed E-state index contributed by atoms with van der Waals surface area (Å²) in [6.45, 7) is 2.39. The molecule has 0 aliphatic carbocycles. The average molecular weight is 422 g/mol. The first-order chi connectivity index (χ1) is 14.6. The van der Waals surface area contributed by atoms with E-state index in [0.29, 0.717) is 24.5 Å². The summed E-state index contributed by atoms with van der Waals surface area (Å²) in [7, 11) is -3.65. The SMILES string of the molecule is O=S(=O)(c1ccccc1)N(Cc1ccccc1)[C@H]1CNC[C@@H]1NCc1ccccc1. The molecule has 1 aliphatic rings. The van der Waals surface area contributed by atoms with Crippen molar-refractivity contribution in [2.24, 2.45) is 0 Å². The second kappa shape index (κ2) is 9.53. The molecule has 1 fully saturated rings. The third kappa shape index (κ3) is 4.79. The van der Waals surface area contributed by atoms with E-state index < -0.39 is 10.0 Å². The Morgan fingerprint density at radius 1 is 0.800 bits per heavy atom. The van der Waals surface area contributed by atoms with E-state index in [1.807, 2.05) is 54.6 Å². The summed E-state index contributed by atoms with van der Waals surface area (Å²) in [6, 6.07) is 28.5. The van der Waals surface area contributed by atoms with Crippen LogP contribution in [0.1, 0.15) is 11.1 Å². The van der Waals surface area contributed by atoms with Crippen molar-refractivity contribution >= 4 is 10.0 Å². The van der Waals surface area contributed by atoms with Gasteiger partial charge in [0.25, 0.3) is 0 Å². The van der Waals surface area contributed by atoms with Crippen molar-refractivity contribution in [3.8, 4) is 0 Å². The zero-order valence-electron chi connectivity index (χ0n) is 16.8. The minimum absolute atomic E-state index is 0.0207. The van der Waals surface area contributed by atoms with Gasteiger partial charge in [0.2, 0.25) is 10.0 Å². The highest BCUT2D eigenvalue weighted by molar-refractivity contribution is 7.89. The number of sulfonamides is 1. The van der Waals surface area contributed by atoms with E-state index in [2.05, 4.69) is 22.8 Å². The Labute approximate surface area is 178 Å². The van der Waals surface area contributed by atoms with Crippen molar-refractivity contribution in [1.82, 2.24) is 14.9 Å². The van der Waals surface area contributed by atoms with E-state index in [1.54, 1.807) is 28.6 Å². The third-order valence-electron chi connectivity index (χ3n) is 5.49. The molecule has 0 saturated carbocycles. The molecule has 2 N–H and O–H groups in total. The van der Waals surface area contributed by atoms with Gasteiger partial charge in [0.1, 0.15) is 0 Å². The van der Waals surface area contributed by atoms with Gasteiger partial charge in [-0.05, 0) is 23.3 Å². The fourth-order valence-corrected chi connectivity index (χ4v) is 5.56. The van der Waals surface area contributed by atoms with E-state index >= 15 is 0 Å². The quantitative estimate of drug-likeness (QED) is 0.587. The normalized spacial score (nSPS) is 19.2. The minimum atomic E-state index is -3.65. The standard InChI is InChI=1S/C24H27N3O2S/c28-30(29,22-14-8-3-9-15-22)27(19-21-12-6-2-7-13-21)24-18-25-17-23(24)26-16-20-10-4-1-5-11-20/h1-15,23-26H,16-19H2/t23-,24-/m0/s1. The third-order valence-corrected chi connectivity index (χ3v) is 7.38. The molecular formula is C24H27N3O2S. The Bertz CT molecular complexity index is 1030. The molecule has 0 spiro atoms. The largest absolute Gasteiger partial charge is 0.313 e. The van der Waals surface area contributed by atoms with Gasteiger partial charge in [0.15, 0.2) is 0 Å². The van der Waals surface area contributed by atoms with E-state index in [0.717, 1.165) is 12.1 Å². The van der Waals surface area contributed by atoms with E-state index in [1.165, 1.54) is 5.56 Å². The smallest absolute Gasteiger partial charge is 0.243 e. The monoisotopic (exact) mass is 421 g/mol. The lowest BCUT2D eigenvalue weighted by atomic mass is 10.1. The van der Waals surface area contributed by atoms with E-state index in [4.69, 9.17) is 0 Å². The maximum absolute atomic E-state index is 13.6. The first-order valence-electron chi connectivity index (χ1n) is 10.2. The van der Waals surface area contributed by atoms with Gasteiger partial charge in [-0.1, -0.05) is 78.9 Å². The molecular weight excluding hydrogens is 394 g/mol. The molecule has 0 amide bonds. The Kier molecular flexibility index (Phi) is 6.59. The molecule has 1 heterocycles. The van der Waals surface area contributed by atoms with Gasteiger partial charge in [0, 0.05) is 32.2 Å². The molecule has 3 aromatic rings. The van der Waals surface area contributed by atoms with Crippen LogP contribution in [0.5, 0.6) is 0 Å². The summed E-state index contributed by atoms with van der Waals surface area (Å²) >= 11 is 0. The zero-order chi connectivity index (χ0) is 20.8. The molecule has 3 aromatic carbocycles. The lowest BCUT2D eigenvalue weighted by molar-refractivity contribution is 0.285. The number of rotatable bonds is 8. The molecule has 5 nitrogen and oxygen atoms in total. The van der Waals surface area contributed by atoms with Gasteiger partial charge in [0.05, 0.1) is 10.9 Å². The molecule has 0 radical (unpaired) electrons. The number of benzene rings is 3. The predicted octanol–water partition coefficient (Wildman–Crippen LogP) is 3.01. The summed E-state index contributed by atoms with van der Waals surface area (Å²) in [5.41, 5.74) is 2.16. The number of hydrogen-bond donors (Lipinski definition) is 2. The minimum Gasteiger partial charge on any atom is -0.313 e. The second-order valence-electron chi connectivity index (χ2n) is 7.55. The number of hydrogen-bond acceptors (Lipinski definition) is 4. The molecule has 30 heavy (non-hydrogen) atoms. The second-order valence-corrected chi connectivity index (χ2v) is 9.44. The summed E-state index contributed by atoms with van der Waals surface area (Å²) in [4.78, 5) is 0.328. The van der Waals surface area contributed by atoms with Crippen LogP contribution in [0.2, 0.25) is 0 Å². The van der Waals surface area contributed by atoms with Crippen LogP contribution in [-0.4, -0.2) is 37.9 Å². The van der Waals surface area contributed by atoms with Crippen LogP contribution in [0.3, 0.4) is 0 Å². The van der Waals surface area contributed by atoms with Crippen LogP contribution in [0.4, 0.5) is 0 Å². The van der Waals surface area contributed by atoms with Crippen molar-refractivity contribution in [2.45, 2.75) is 30.1 Å². The van der Waals surface area contributed by atoms with Crippen LogP contribution < -0.4 is 10.6 Å². The summed E-state index contributed by atoms with van der Waals surface area (Å²) in [5.74, 6) is 0. The molecule has 2 atom stereocenters. The van der Waals surface area contributed by atoms with Crippen molar-refractivity contribution in [2.75, 3.05) is 13.1 Å². The predicted molar refractivity (Wildman–Crippen MR) is 119 cm³/mol. The maximum Gasteiger partial charge on any atom is 0.243 e. The number of nitrogens with one attached hydrogen (secondary N) is 2. The fraction of sp³-hybridized carbons (Fsp3) is 0.250. The maximum atomic E-state index is 13.6. The van der Waals surface area contributed by atoms with Gasteiger partial charge < -0.3 is 10.6 Å². The molecule has 1 saturated heterocycles. The van der Waals surface area contributed by atoms with Gasteiger partial charge >= 0.3 is 0 Å². The zero-order valence-corrected chi connectivity index (χ0v) is 17.6. The first-order valence-corrected chi connectivity index (χ1v) is 11.7. The first kappa shape index (κ1) is 20.8. The highest BCUT2D eigenvalue weighted by atomic mass is 32.2. The fourth-order valence-electron chi connectivity index (χ4n) is 3.89. The van der Waals surface area contributed by atoms with Crippen LogP contribution in [-0.2, 0) is 23.1 Å². The Morgan fingerprint density at radius 3 is 2.00 bits per heavy atom. The Morgan fingerprint density at radius 2 is 1.37 bits per heavy atom. The molecule has 4 rings (SSSR count). The summed E-state index contributed by atoms with van der Waals surface area (Å²) in [5, 5.41) is 6.95. The van der Waals surface area contributed by atoms with Crippen LogP contribution >= 0.6 is 0 Å². The van der Waals surface area contributed by atoms with E-state index in [-0.39, 0.29) is 12.1 Å². The van der Waals surface area contributed by atoms with Gasteiger partial charge in [-0.15, -0.1) is 0 Å². The molecule has 156 valence electrons. The van der Waals surface area contributed by atoms with Gasteiger partial charge in [-0.2, -0.15) is 4.31 Å². The van der Waals surface area contributed by atoms with Crippen molar-refractivity contribution < 1.29 is 8.42 Å². The van der Waals surface area contributed by atoms with Crippen LogP contribution in [0.25, 0.3) is 0 Å². The van der Waals surface area contributed by atoms with Crippen LogP contribution in [0, 0.1) is 0 Å². The highest BCUT2D eigenvalue weighted by Crippen LogP contribution is 2.24. The Balaban J connectivity index is 1.61. The Hall–Kier alpha value is -2.51. The lowest BCUT2D eigenvalue weighted by Gasteiger charge is -2.32. The van der Waals surface area contributed by atoms with Crippen molar-refractivity contribution in [3.05, 3.63) is 102 Å². The molecule has 0 bridgehead atoms. The van der Waals surface area contributed by atoms with E-state index in [9.17, 15) is 8.42 Å². The van der Waals surface area contributed by atoms with Crippen molar-refractivity contribution in [3.63, 3.8) is 0 Å². The molecule has 0 aromatic heterocycles. The molecule has 1 aliphatic heterocycles. The molecule has 6 heteroatoms. The summed E-state index contributed by atoms with van der Waals surface area (Å²) < 4.78 is 28.9. The summed E-state index contributed by atoms with van der Waals surface area (Å²) in [6.07, 6.45) is 0. The highest BCUT2D eigenvalue weighted by Gasteiger charge is 2.38. The van der Waals surface area contributed by atoms with Crippen molar-refractivity contribution in [1.29, 1.82) is 0 Å². The van der Waals surface area contributed by atoms with Crippen LogP contribution in [0.15, 0.2) is 95.9 Å². The lowest BCUT2D eigenvalue weighted by Crippen LogP contribution is -2.51. The topological polar surface area (TPSA) is 61.4 Å². The van der Waals surface area contributed by atoms with Gasteiger partial charge in [-0.25, -0.2) is 8.42 Å². The average Bonchev–Trinajstić information content (AvgIpc) is 3.26. The number of nitrogens with zero attached hydrogens (tertiary/aromatic N) is 1.